The fraction of sp³-hybridized carbons (Fsp3) is 0.348. The van der Waals surface area contributed by atoms with Gasteiger partial charge in [-0.3, -0.25) is 4.90 Å². The highest BCUT2D eigenvalue weighted by atomic mass is 35.5. The summed E-state index contributed by atoms with van der Waals surface area (Å²) in [5.41, 5.74) is 3.01. The van der Waals surface area contributed by atoms with Crippen molar-refractivity contribution in [3.8, 4) is 17.0 Å². The minimum atomic E-state index is 0.551. The minimum Gasteiger partial charge on any atom is -0.494 e. The van der Waals surface area contributed by atoms with Crippen LogP contribution in [0.15, 0.2) is 52.8 Å². The number of thiazole rings is 1. The minimum absolute atomic E-state index is 0.551. The van der Waals surface area contributed by atoms with Crippen molar-refractivity contribution in [1.82, 2.24) is 9.47 Å². The van der Waals surface area contributed by atoms with E-state index in [1.807, 2.05) is 49.4 Å². The Morgan fingerprint density at radius 3 is 2.52 bits per heavy atom. The lowest BCUT2D eigenvalue weighted by Gasteiger charge is -2.26. The molecule has 3 aromatic rings. The van der Waals surface area contributed by atoms with Crippen LogP contribution in [0.1, 0.15) is 6.92 Å². The number of nitrogens with zero attached hydrogens (tertiary/aromatic N) is 3. The average molecular weight is 478 g/mol. The predicted molar refractivity (Wildman–Crippen MR) is 128 cm³/mol. The monoisotopic (exact) mass is 477 g/mol. The van der Waals surface area contributed by atoms with E-state index >= 15 is 0 Å². The number of hydrogen-bond acceptors (Lipinski definition) is 5. The van der Waals surface area contributed by atoms with Crippen molar-refractivity contribution < 1.29 is 9.47 Å². The summed E-state index contributed by atoms with van der Waals surface area (Å²) in [5, 5.41) is 3.24. The van der Waals surface area contributed by atoms with Gasteiger partial charge in [-0.05, 0) is 43.3 Å². The van der Waals surface area contributed by atoms with Crippen molar-refractivity contribution in [2.75, 3.05) is 39.5 Å². The number of halogens is 2. The average Bonchev–Trinajstić information content (AvgIpc) is 3.19. The molecule has 1 aliphatic rings. The van der Waals surface area contributed by atoms with Gasteiger partial charge in [-0.2, -0.15) is 0 Å². The van der Waals surface area contributed by atoms with Gasteiger partial charge >= 0.3 is 0 Å². The Labute approximate surface area is 196 Å². The number of rotatable bonds is 7. The fourth-order valence-electron chi connectivity index (χ4n) is 3.48. The Bertz CT molecular complexity index is 1070. The molecular formula is C23H25Cl2N3O2S. The van der Waals surface area contributed by atoms with Crippen LogP contribution in [0.25, 0.3) is 11.3 Å². The molecule has 31 heavy (non-hydrogen) atoms. The maximum atomic E-state index is 6.30. The first-order chi connectivity index (χ1) is 15.1. The molecule has 0 atom stereocenters. The highest BCUT2D eigenvalue weighted by molar-refractivity contribution is 7.07. The van der Waals surface area contributed by atoms with Gasteiger partial charge in [0.25, 0.3) is 0 Å². The molecule has 0 aliphatic carbocycles. The molecule has 2 heterocycles. The molecule has 0 saturated carbocycles. The molecule has 2 aromatic carbocycles. The van der Waals surface area contributed by atoms with Crippen molar-refractivity contribution in [3.63, 3.8) is 0 Å². The molecular weight excluding hydrogens is 453 g/mol. The number of ether oxygens (including phenoxy) is 2. The number of hydrogen-bond donors (Lipinski definition) is 0. The summed E-state index contributed by atoms with van der Waals surface area (Å²) in [4.78, 5) is 8.28. The number of aromatic nitrogens is 1. The largest absolute Gasteiger partial charge is 0.494 e. The fourth-order valence-corrected chi connectivity index (χ4v) is 4.73. The smallest absolute Gasteiger partial charge is 0.190 e. The topological polar surface area (TPSA) is 39.0 Å². The second-order valence-electron chi connectivity index (χ2n) is 7.18. The molecule has 0 radical (unpaired) electrons. The van der Waals surface area contributed by atoms with Gasteiger partial charge in [0.05, 0.1) is 41.2 Å². The quantitative estimate of drug-likeness (QED) is 0.451. The summed E-state index contributed by atoms with van der Waals surface area (Å²) in [6, 6.07) is 13.6. The first-order valence-corrected chi connectivity index (χ1v) is 12.0. The molecule has 1 aliphatic heterocycles. The molecule has 1 saturated heterocycles. The number of benzene rings is 2. The Morgan fingerprint density at radius 1 is 1.03 bits per heavy atom. The lowest BCUT2D eigenvalue weighted by molar-refractivity contribution is 0.0363. The van der Waals surface area contributed by atoms with Crippen molar-refractivity contribution in [3.05, 3.63) is 62.7 Å². The predicted octanol–water partition coefficient (Wildman–Crippen LogP) is 5.49. The van der Waals surface area contributed by atoms with E-state index in [4.69, 9.17) is 37.7 Å². The lowest BCUT2D eigenvalue weighted by atomic mass is 10.2. The number of morpholine rings is 1. The summed E-state index contributed by atoms with van der Waals surface area (Å²) in [7, 11) is 0. The standard InChI is InChI=1S/C23H25Cl2N3O2S/c1-2-30-19-6-4-18(5-7-19)26-23-28(10-9-27-11-13-29-14-12-27)22(16-31-23)17-3-8-20(24)21(25)15-17/h3-8,15-16H,2,9-14H2,1H3. The van der Waals surface area contributed by atoms with Gasteiger partial charge in [0.2, 0.25) is 0 Å². The van der Waals surface area contributed by atoms with Gasteiger partial charge in [0.15, 0.2) is 4.80 Å². The highest BCUT2D eigenvalue weighted by Crippen LogP contribution is 2.29. The van der Waals surface area contributed by atoms with Gasteiger partial charge in [-0.15, -0.1) is 11.3 Å². The van der Waals surface area contributed by atoms with Gasteiger partial charge in [0.1, 0.15) is 5.75 Å². The van der Waals surface area contributed by atoms with Gasteiger partial charge in [-0.1, -0.05) is 29.3 Å². The van der Waals surface area contributed by atoms with E-state index < -0.39 is 0 Å². The molecule has 1 aromatic heterocycles. The molecule has 0 spiro atoms. The first kappa shape index (κ1) is 22.4. The van der Waals surface area contributed by atoms with E-state index in [2.05, 4.69) is 14.8 Å². The third-order valence-corrected chi connectivity index (χ3v) is 6.73. The molecule has 0 N–H and O–H groups in total. The molecule has 4 rings (SSSR count). The molecule has 164 valence electrons. The molecule has 0 bridgehead atoms. The van der Waals surface area contributed by atoms with Crippen LogP contribution in [-0.4, -0.2) is 48.9 Å². The van der Waals surface area contributed by atoms with Gasteiger partial charge < -0.3 is 14.0 Å². The third kappa shape index (κ3) is 5.70. The van der Waals surface area contributed by atoms with E-state index in [9.17, 15) is 0 Å². The van der Waals surface area contributed by atoms with E-state index in [1.165, 1.54) is 0 Å². The SMILES string of the molecule is CCOc1ccc(N=c2scc(-c3ccc(Cl)c(Cl)c3)n2CCN2CCOCC2)cc1. The van der Waals surface area contributed by atoms with Crippen LogP contribution >= 0.6 is 34.5 Å². The first-order valence-electron chi connectivity index (χ1n) is 10.4. The summed E-state index contributed by atoms with van der Waals surface area (Å²) in [6.07, 6.45) is 0. The van der Waals surface area contributed by atoms with Crippen molar-refractivity contribution in [1.29, 1.82) is 0 Å². The Hall–Kier alpha value is -1.83. The molecule has 5 nitrogen and oxygen atoms in total. The summed E-state index contributed by atoms with van der Waals surface area (Å²) < 4.78 is 13.3. The maximum Gasteiger partial charge on any atom is 0.190 e. The maximum absolute atomic E-state index is 6.30. The molecule has 0 amide bonds. The van der Waals surface area contributed by atoms with Crippen LogP contribution < -0.4 is 9.54 Å². The highest BCUT2D eigenvalue weighted by Gasteiger charge is 2.14. The van der Waals surface area contributed by atoms with Crippen LogP contribution in [0.5, 0.6) is 5.75 Å². The van der Waals surface area contributed by atoms with Gasteiger partial charge in [0, 0.05) is 37.1 Å². The van der Waals surface area contributed by atoms with Crippen molar-refractivity contribution in [2.45, 2.75) is 13.5 Å². The summed E-state index contributed by atoms with van der Waals surface area (Å²) >= 11 is 14.1. The second-order valence-corrected chi connectivity index (χ2v) is 8.83. The lowest BCUT2D eigenvalue weighted by Crippen LogP contribution is -2.39. The summed E-state index contributed by atoms with van der Waals surface area (Å²) in [6.45, 7) is 7.88. The van der Waals surface area contributed by atoms with Crippen LogP contribution in [0.4, 0.5) is 5.69 Å². The zero-order chi connectivity index (χ0) is 21.6. The Balaban J connectivity index is 1.68. The zero-order valence-corrected chi connectivity index (χ0v) is 19.7. The van der Waals surface area contributed by atoms with Gasteiger partial charge in [-0.25, -0.2) is 4.99 Å². The van der Waals surface area contributed by atoms with E-state index in [1.54, 1.807) is 11.3 Å². The van der Waals surface area contributed by atoms with Crippen LogP contribution in [0.3, 0.4) is 0 Å². The van der Waals surface area contributed by atoms with Crippen LogP contribution in [0, 0.1) is 0 Å². The van der Waals surface area contributed by atoms with E-state index in [0.717, 1.165) is 66.9 Å². The molecule has 8 heteroatoms. The Kier molecular flexibility index (Phi) is 7.69. The normalized spacial score (nSPS) is 15.4. The molecule has 1 fully saturated rings. The van der Waals surface area contributed by atoms with Crippen molar-refractivity contribution in [2.24, 2.45) is 4.99 Å². The summed E-state index contributed by atoms with van der Waals surface area (Å²) in [5.74, 6) is 0.851. The second kappa shape index (κ2) is 10.7. The van der Waals surface area contributed by atoms with Crippen LogP contribution in [0.2, 0.25) is 10.0 Å². The van der Waals surface area contributed by atoms with Crippen molar-refractivity contribution >= 4 is 40.2 Å². The van der Waals surface area contributed by atoms with Crippen LogP contribution in [-0.2, 0) is 11.3 Å². The van der Waals surface area contributed by atoms with E-state index in [-0.39, 0.29) is 0 Å². The Morgan fingerprint density at radius 2 is 1.81 bits per heavy atom. The zero-order valence-electron chi connectivity index (χ0n) is 17.4. The molecule has 0 unspecified atom stereocenters. The van der Waals surface area contributed by atoms with E-state index in [0.29, 0.717) is 16.7 Å². The third-order valence-electron chi connectivity index (χ3n) is 5.13.